The lowest BCUT2D eigenvalue weighted by molar-refractivity contribution is -0.139. The molecule has 0 aromatic heterocycles. The largest absolute Gasteiger partial charge is 0.455 e. The van der Waals surface area contributed by atoms with Gasteiger partial charge >= 0.3 is 5.97 Å². The van der Waals surface area contributed by atoms with Crippen LogP contribution in [0.15, 0.2) is 11.6 Å². The van der Waals surface area contributed by atoms with E-state index in [1.807, 2.05) is 13.0 Å². The summed E-state index contributed by atoms with van der Waals surface area (Å²) in [5, 5.41) is 31.5. The highest BCUT2D eigenvalue weighted by atomic mass is 16.5. The second-order valence-corrected chi connectivity index (χ2v) is 12.9. The van der Waals surface area contributed by atoms with Crippen LogP contribution in [0.4, 0.5) is 0 Å². The Morgan fingerprint density at radius 3 is 1.63 bits per heavy atom. The molecule has 6 heteroatoms. The van der Waals surface area contributed by atoms with Crippen LogP contribution in [-0.2, 0) is 14.3 Å². The van der Waals surface area contributed by atoms with Crippen molar-refractivity contribution in [3.05, 3.63) is 11.6 Å². The zero-order valence-electron chi connectivity index (χ0n) is 26.6. The molecule has 0 aliphatic carbocycles. The fraction of sp³-hybridized carbons (Fsp3) is 0.914. The molecule has 0 bridgehead atoms. The Labute approximate surface area is 251 Å². The van der Waals surface area contributed by atoms with Crippen LogP contribution in [-0.4, -0.2) is 57.9 Å². The van der Waals surface area contributed by atoms with Crippen LogP contribution in [0.3, 0.4) is 0 Å². The molecule has 0 spiro atoms. The molecular formula is C35H64O6. The summed E-state index contributed by atoms with van der Waals surface area (Å²) in [5.74, 6) is -0.151. The third-order valence-electron chi connectivity index (χ3n) is 9.06. The number of ether oxygens (including phenoxy) is 2. The maximum atomic E-state index is 11.6. The summed E-state index contributed by atoms with van der Waals surface area (Å²) < 4.78 is 11.2. The normalized spacial score (nSPS) is 23.0. The molecule has 1 fully saturated rings. The minimum absolute atomic E-state index is 0.0754. The van der Waals surface area contributed by atoms with Crippen molar-refractivity contribution in [2.75, 3.05) is 0 Å². The lowest BCUT2D eigenvalue weighted by Gasteiger charge is -2.22. The number of aliphatic hydroxyl groups excluding tert-OH is 3. The van der Waals surface area contributed by atoms with E-state index in [1.165, 1.54) is 57.8 Å². The van der Waals surface area contributed by atoms with Gasteiger partial charge in [-0.25, -0.2) is 4.79 Å². The Balaban J connectivity index is 1.39. The van der Waals surface area contributed by atoms with Gasteiger partial charge in [0.25, 0.3) is 0 Å². The van der Waals surface area contributed by atoms with Gasteiger partial charge in [-0.3, -0.25) is 0 Å². The van der Waals surface area contributed by atoms with Crippen molar-refractivity contribution in [2.45, 2.75) is 205 Å². The molecule has 6 nitrogen and oxygen atoms in total. The quantitative estimate of drug-likeness (QED) is 0.0707. The summed E-state index contributed by atoms with van der Waals surface area (Å²) in [7, 11) is 0. The van der Waals surface area contributed by atoms with Crippen LogP contribution >= 0.6 is 0 Å². The van der Waals surface area contributed by atoms with Crippen molar-refractivity contribution in [1.29, 1.82) is 0 Å². The Morgan fingerprint density at radius 1 is 0.683 bits per heavy atom. The van der Waals surface area contributed by atoms with Gasteiger partial charge < -0.3 is 24.8 Å². The summed E-state index contributed by atoms with van der Waals surface area (Å²) in [6.07, 6.45) is 26.2. The van der Waals surface area contributed by atoms with E-state index in [0.717, 1.165) is 95.5 Å². The van der Waals surface area contributed by atoms with Crippen LogP contribution in [0, 0.1) is 0 Å². The number of esters is 1. The van der Waals surface area contributed by atoms with Gasteiger partial charge in [-0.2, -0.15) is 0 Å². The highest BCUT2D eigenvalue weighted by molar-refractivity contribution is 5.90. The van der Waals surface area contributed by atoms with Crippen LogP contribution in [0.25, 0.3) is 0 Å². The minimum Gasteiger partial charge on any atom is -0.455 e. The molecule has 41 heavy (non-hydrogen) atoms. The number of carbonyl (C=O) groups excluding carboxylic acids is 1. The van der Waals surface area contributed by atoms with E-state index in [-0.39, 0.29) is 30.4 Å². The van der Waals surface area contributed by atoms with Gasteiger partial charge in [0.2, 0.25) is 0 Å². The smallest absolute Gasteiger partial charge is 0.334 e. The summed E-state index contributed by atoms with van der Waals surface area (Å²) in [4.78, 5) is 11.6. The third-order valence-corrected chi connectivity index (χ3v) is 9.06. The molecule has 3 N–H and O–H groups in total. The van der Waals surface area contributed by atoms with Crippen molar-refractivity contribution in [1.82, 2.24) is 0 Å². The first-order valence-corrected chi connectivity index (χ1v) is 17.5. The molecule has 2 aliphatic rings. The predicted molar refractivity (Wildman–Crippen MR) is 167 cm³/mol. The van der Waals surface area contributed by atoms with Crippen molar-refractivity contribution in [3.63, 3.8) is 0 Å². The first-order valence-electron chi connectivity index (χ1n) is 17.5. The fourth-order valence-electron chi connectivity index (χ4n) is 6.39. The monoisotopic (exact) mass is 580 g/mol. The molecule has 0 amide bonds. The summed E-state index contributed by atoms with van der Waals surface area (Å²) in [6, 6.07) is 0. The molecule has 240 valence electrons. The zero-order valence-corrected chi connectivity index (χ0v) is 26.6. The van der Waals surface area contributed by atoms with E-state index in [2.05, 4.69) is 6.92 Å². The molecule has 2 aliphatic heterocycles. The minimum atomic E-state index is -0.480. The summed E-state index contributed by atoms with van der Waals surface area (Å²) >= 11 is 0. The lowest BCUT2D eigenvalue weighted by atomic mass is 9.99. The molecular weight excluding hydrogens is 516 g/mol. The number of carbonyl (C=O) groups is 1. The first-order chi connectivity index (χ1) is 19.9. The number of aliphatic hydroxyl groups is 3. The maximum absolute atomic E-state index is 11.6. The van der Waals surface area contributed by atoms with Crippen LogP contribution in [0.2, 0.25) is 0 Å². The molecule has 0 aromatic carbocycles. The number of hydrogen-bond donors (Lipinski definition) is 3. The van der Waals surface area contributed by atoms with Gasteiger partial charge in [-0.05, 0) is 64.4 Å². The predicted octanol–water partition coefficient (Wildman–Crippen LogP) is 8.09. The van der Waals surface area contributed by atoms with Crippen LogP contribution in [0.5, 0.6) is 0 Å². The molecule has 6 atom stereocenters. The Bertz CT molecular complexity index is 694. The molecule has 0 saturated carbocycles. The maximum Gasteiger partial charge on any atom is 0.334 e. The van der Waals surface area contributed by atoms with E-state index in [0.29, 0.717) is 6.42 Å². The van der Waals surface area contributed by atoms with Gasteiger partial charge in [0, 0.05) is 5.57 Å². The van der Waals surface area contributed by atoms with E-state index in [1.54, 1.807) is 0 Å². The highest BCUT2D eigenvalue weighted by Gasteiger charge is 2.34. The molecule has 0 radical (unpaired) electrons. The van der Waals surface area contributed by atoms with Crippen molar-refractivity contribution in [3.8, 4) is 0 Å². The van der Waals surface area contributed by atoms with Gasteiger partial charge in [0.15, 0.2) is 0 Å². The molecule has 1 saturated heterocycles. The van der Waals surface area contributed by atoms with E-state index < -0.39 is 12.2 Å². The summed E-state index contributed by atoms with van der Waals surface area (Å²) in [6.45, 7) is 4.15. The molecule has 2 rings (SSSR count). The number of cyclic esters (lactones) is 1. The van der Waals surface area contributed by atoms with E-state index >= 15 is 0 Å². The van der Waals surface area contributed by atoms with Gasteiger partial charge in [0.1, 0.15) is 6.10 Å². The van der Waals surface area contributed by atoms with E-state index in [9.17, 15) is 20.1 Å². The average Bonchev–Trinajstić information content (AvgIpc) is 3.57. The van der Waals surface area contributed by atoms with Gasteiger partial charge in [-0.15, -0.1) is 0 Å². The SMILES string of the molecule is CCCCCCCCCCCC[C@@H](O)[C@H]1CCC([C@H](O)CCCCC(O)CCCCCCCC2=C[C@H](C)OC2=O)O1. The van der Waals surface area contributed by atoms with Crippen molar-refractivity contribution >= 4 is 5.97 Å². The molecule has 0 aromatic rings. The second-order valence-electron chi connectivity index (χ2n) is 12.9. The second kappa shape index (κ2) is 22.6. The Kier molecular flexibility index (Phi) is 20.0. The Morgan fingerprint density at radius 2 is 1.12 bits per heavy atom. The summed E-state index contributed by atoms with van der Waals surface area (Å²) in [5.41, 5.74) is 0.828. The first kappa shape index (κ1) is 36.2. The standard InChI is InChI=1S/C35H64O6/c1-3-4-5-6-7-8-9-10-14-17-23-31(37)33-25-26-34(41-33)32(38)24-19-18-22-30(36)21-16-13-11-12-15-20-29-27-28(2)40-35(29)39/h27-28,30-34,36-38H,3-26H2,1-2H3/t28-,30?,31+,32+,33+,34?/m0/s1. The number of unbranched alkanes of at least 4 members (excludes halogenated alkanes) is 14. The van der Waals surface area contributed by atoms with Crippen LogP contribution in [0.1, 0.15) is 168 Å². The third kappa shape index (κ3) is 16.5. The van der Waals surface area contributed by atoms with Crippen molar-refractivity contribution in [2.24, 2.45) is 0 Å². The zero-order chi connectivity index (χ0) is 29.7. The van der Waals surface area contributed by atoms with Gasteiger partial charge in [0.05, 0.1) is 30.5 Å². The average molecular weight is 581 g/mol. The molecule has 2 heterocycles. The topological polar surface area (TPSA) is 96.2 Å². The van der Waals surface area contributed by atoms with Crippen molar-refractivity contribution < 1.29 is 29.6 Å². The molecule has 2 unspecified atom stereocenters. The fourth-order valence-corrected chi connectivity index (χ4v) is 6.39. The Hall–Kier alpha value is -0.950. The lowest BCUT2D eigenvalue weighted by Crippen LogP contribution is -2.31. The number of rotatable bonds is 26. The number of hydrogen-bond acceptors (Lipinski definition) is 6. The van der Waals surface area contributed by atoms with Gasteiger partial charge in [-0.1, -0.05) is 110 Å². The van der Waals surface area contributed by atoms with E-state index in [4.69, 9.17) is 9.47 Å². The highest BCUT2D eigenvalue weighted by Crippen LogP contribution is 2.28. The van der Waals surface area contributed by atoms with Crippen LogP contribution < -0.4 is 0 Å².